The Morgan fingerprint density at radius 3 is 2.56 bits per heavy atom. The molecule has 0 aliphatic rings. The number of aldehydes is 1. The summed E-state index contributed by atoms with van der Waals surface area (Å²) in [6.07, 6.45) is 0.778. The lowest BCUT2D eigenvalue weighted by Gasteiger charge is -2.17. The van der Waals surface area contributed by atoms with Crippen LogP contribution in [-0.4, -0.2) is 43.5 Å². The van der Waals surface area contributed by atoms with Gasteiger partial charge in [-0.25, -0.2) is 9.78 Å². The zero-order valence-corrected chi connectivity index (χ0v) is 15.6. The predicted octanol–water partition coefficient (Wildman–Crippen LogP) is 2.75. The van der Waals surface area contributed by atoms with Gasteiger partial charge < -0.3 is 19.5 Å². The quantitative estimate of drug-likeness (QED) is 0.439. The number of nitrogens with one attached hydrogen (secondary N) is 1. The van der Waals surface area contributed by atoms with E-state index in [9.17, 15) is 14.4 Å². The van der Waals surface area contributed by atoms with Crippen LogP contribution in [0.2, 0.25) is 5.15 Å². The predicted molar refractivity (Wildman–Crippen MR) is 97.7 cm³/mol. The average molecular weight is 393 g/mol. The number of hydrogen-bond acceptors (Lipinski definition) is 7. The number of carbonyl (C=O) groups is 3. The highest BCUT2D eigenvalue weighted by molar-refractivity contribution is 6.32. The molecule has 0 bridgehead atoms. The van der Waals surface area contributed by atoms with Crippen molar-refractivity contribution < 1.29 is 28.6 Å². The third-order valence-corrected chi connectivity index (χ3v) is 3.88. The van der Waals surface area contributed by atoms with E-state index in [4.69, 9.17) is 25.8 Å². The maximum absolute atomic E-state index is 12.6. The number of hydrogen-bond donors (Lipinski definition) is 1. The van der Waals surface area contributed by atoms with Crippen molar-refractivity contribution in [2.24, 2.45) is 0 Å². The Balaban J connectivity index is 2.22. The second-order valence-electron chi connectivity index (χ2n) is 5.26. The molecule has 0 radical (unpaired) electrons. The summed E-state index contributed by atoms with van der Waals surface area (Å²) in [5.74, 6) is -1.25. The molecular formula is C18H17ClN2O6. The molecule has 0 unspecified atom stereocenters. The zero-order chi connectivity index (χ0) is 20.0. The molecule has 1 amide bonds. The first-order chi connectivity index (χ1) is 12.9. The molecule has 2 aromatic rings. The first-order valence-electron chi connectivity index (χ1n) is 7.75. The number of benzene rings is 1. The molecule has 0 aliphatic heterocycles. The summed E-state index contributed by atoms with van der Waals surface area (Å²) in [7, 11) is 2.71. The second-order valence-corrected chi connectivity index (χ2v) is 5.62. The highest BCUT2D eigenvalue weighted by Crippen LogP contribution is 2.33. The number of esters is 1. The van der Waals surface area contributed by atoms with Gasteiger partial charge in [-0.3, -0.25) is 9.59 Å². The van der Waals surface area contributed by atoms with Crippen LogP contribution in [0.25, 0.3) is 0 Å². The van der Waals surface area contributed by atoms with Crippen molar-refractivity contribution in [2.75, 3.05) is 19.5 Å². The van der Waals surface area contributed by atoms with Gasteiger partial charge in [0.05, 0.1) is 19.9 Å². The summed E-state index contributed by atoms with van der Waals surface area (Å²) in [6.45, 7) is 1.38. The van der Waals surface area contributed by atoms with E-state index < -0.39 is 18.0 Å². The lowest BCUT2D eigenvalue weighted by molar-refractivity contribution is -0.123. The molecule has 9 heteroatoms. The van der Waals surface area contributed by atoms with Crippen LogP contribution in [0.3, 0.4) is 0 Å². The number of anilines is 1. The lowest BCUT2D eigenvalue weighted by atomic mass is 10.1. The Kier molecular flexibility index (Phi) is 6.73. The summed E-state index contributed by atoms with van der Waals surface area (Å²) < 4.78 is 15.5. The van der Waals surface area contributed by atoms with Gasteiger partial charge in [-0.2, -0.15) is 0 Å². The van der Waals surface area contributed by atoms with Gasteiger partial charge in [-0.1, -0.05) is 11.6 Å². The monoisotopic (exact) mass is 392 g/mol. The van der Waals surface area contributed by atoms with Crippen molar-refractivity contribution in [2.45, 2.75) is 13.0 Å². The van der Waals surface area contributed by atoms with Gasteiger partial charge in [0, 0.05) is 11.8 Å². The van der Waals surface area contributed by atoms with E-state index in [-0.39, 0.29) is 33.5 Å². The van der Waals surface area contributed by atoms with Crippen LogP contribution in [0.1, 0.15) is 27.6 Å². The van der Waals surface area contributed by atoms with E-state index in [2.05, 4.69) is 10.3 Å². The molecule has 142 valence electrons. The summed E-state index contributed by atoms with van der Waals surface area (Å²) >= 11 is 5.88. The zero-order valence-electron chi connectivity index (χ0n) is 14.8. The van der Waals surface area contributed by atoms with Crippen molar-refractivity contribution in [1.82, 2.24) is 4.98 Å². The SMILES string of the molecule is COc1ccc(C=O)c(C(=O)O[C@H](C)C(=O)Nc2cccnc2Cl)c1OC. The van der Waals surface area contributed by atoms with Crippen LogP contribution in [0.5, 0.6) is 11.5 Å². The molecule has 0 aliphatic carbocycles. The van der Waals surface area contributed by atoms with Crippen molar-refractivity contribution in [3.05, 3.63) is 46.7 Å². The second kappa shape index (κ2) is 9.00. The van der Waals surface area contributed by atoms with Crippen LogP contribution in [0, 0.1) is 0 Å². The third kappa shape index (κ3) is 4.53. The number of nitrogens with zero attached hydrogens (tertiary/aromatic N) is 1. The summed E-state index contributed by atoms with van der Waals surface area (Å²) in [4.78, 5) is 40.0. The van der Waals surface area contributed by atoms with E-state index >= 15 is 0 Å². The Labute approximate surface area is 160 Å². The maximum Gasteiger partial charge on any atom is 0.343 e. The average Bonchev–Trinajstić information content (AvgIpc) is 2.68. The fourth-order valence-corrected chi connectivity index (χ4v) is 2.40. The maximum atomic E-state index is 12.6. The van der Waals surface area contributed by atoms with Crippen molar-refractivity contribution in [1.29, 1.82) is 0 Å². The minimum absolute atomic E-state index is 0.0370. The van der Waals surface area contributed by atoms with Crippen molar-refractivity contribution >= 4 is 35.5 Å². The number of carbonyl (C=O) groups excluding carboxylic acids is 3. The summed E-state index contributed by atoms with van der Waals surface area (Å²) in [6, 6.07) is 6.03. The number of amides is 1. The molecule has 1 heterocycles. The highest BCUT2D eigenvalue weighted by atomic mass is 35.5. The normalized spacial score (nSPS) is 11.3. The molecule has 0 spiro atoms. The smallest absolute Gasteiger partial charge is 0.343 e. The molecule has 2 rings (SSSR count). The molecular weight excluding hydrogens is 376 g/mol. The standard InChI is InChI=1S/C18H17ClN2O6/c1-10(17(23)21-12-5-4-8-20-16(12)19)27-18(24)14-11(9-22)6-7-13(25-2)15(14)26-3/h4-10H,1-3H3,(H,21,23)/t10-/m1/s1. The Morgan fingerprint density at radius 2 is 1.96 bits per heavy atom. The first-order valence-corrected chi connectivity index (χ1v) is 8.13. The van der Waals surface area contributed by atoms with Gasteiger partial charge in [0.25, 0.3) is 5.91 Å². The van der Waals surface area contributed by atoms with Crippen LogP contribution >= 0.6 is 11.6 Å². The third-order valence-electron chi connectivity index (χ3n) is 3.58. The van der Waals surface area contributed by atoms with E-state index in [0.29, 0.717) is 6.29 Å². The minimum Gasteiger partial charge on any atom is -0.493 e. The van der Waals surface area contributed by atoms with Crippen LogP contribution < -0.4 is 14.8 Å². The number of ether oxygens (including phenoxy) is 3. The van der Waals surface area contributed by atoms with Gasteiger partial charge in [0.2, 0.25) is 0 Å². The van der Waals surface area contributed by atoms with Gasteiger partial charge in [0.15, 0.2) is 29.0 Å². The van der Waals surface area contributed by atoms with Crippen LogP contribution in [0.15, 0.2) is 30.5 Å². The molecule has 0 saturated heterocycles. The minimum atomic E-state index is -1.18. The van der Waals surface area contributed by atoms with E-state index in [1.54, 1.807) is 12.1 Å². The Bertz CT molecular complexity index is 871. The van der Waals surface area contributed by atoms with E-state index in [0.717, 1.165) is 0 Å². The Morgan fingerprint density at radius 1 is 1.22 bits per heavy atom. The number of rotatable bonds is 7. The number of methoxy groups -OCH3 is 2. The van der Waals surface area contributed by atoms with Gasteiger partial charge >= 0.3 is 5.97 Å². The van der Waals surface area contributed by atoms with E-state index in [1.165, 1.54) is 39.5 Å². The largest absolute Gasteiger partial charge is 0.493 e. The molecule has 0 saturated carbocycles. The van der Waals surface area contributed by atoms with Gasteiger partial charge in [0.1, 0.15) is 5.56 Å². The molecule has 1 atom stereocenters. The molecule has 0 fully saturated rings. The van der Waals surface area contributed by atoms with Crippen LogP contribution in [0.4, 0.5) is 5.69 Å². The first kappa shape index (κ1) is 20.2. The number of pyridine rings is 1. The van der Waals surface area contributed by atoms with Crippen LogP contribution in [-0.2, 0) is 9.53 Å². The molecule has 8 nitrogen and oxygen atoms in total. The number of aromatic nitrogens is 1. The summed E-state index contributed by atoms with van der Waals surface area (Å²) in [5.41, 5.74) is 0.186. The fourth-order valence-electron chi connectivity index (χ4n) is 2.24. The highest BCUT2D eigenvalue weighted by Gasteiger charge is 2.26. The number of halogens is 1. The topological polar surface area (TPSA) is 104 Å². The molecule has 1 aromatic heterocycles. The summed E-state index contributed by atoms with van der Waals surface area (Å²) in [5, 5.41) is 2.61. The van der Waals surface area contributed by atoms with Gasteiger partial charge in [-0.15, -0.1) is 0 Å². The van der Waals surface area contributed by atoms with E-state index in [1.807, 2.05) is 0 Å². The lowest BCUT2D eigenvalue weighted by Crippen LogP contribution is -2.30. The van der Waals surface area contributed by atoms with Gasteiger partial charge in [-0.05, 0) is 31.2 Å². The van der Waals surface area contributed by atoms with Crippen molar-refractivity contribution in [3.8, 4) is 11.5 Å². The fraction of sp³-hybridized carbons (Fsp3) is 0.222. The Hall–Kier alpha value is -3.13. The molecule has 27 heavy (non-hydrogen) atoms. The van der Waals surface area contributed by atoms with Crippen molar-refractivity contribution in [3.63, 3.8) is 0 Å². The molecule has 1 aromatic carbocycles. The molecule has 1 N–H and O–H groups in total.